The minimum atomic E-state index is -1.18. The summed E-state index contributed by atoms with van der Waals surface area (Å²) in [5.41, 5.74) is 0.252. The maximum absolute atomic E-state index is 11.5. The van der Waals surface area contributed by atoms with E-state index in [1.54, 1.807) is 0 Å². The molecule has 0 bridgehead atoms. The highest BCUT2D eigenvalue weighted by molar-refractivity contribution is 9.25. The lowest BCUT2D eigenvalue weighted by Gasteiger charge is -2.22. The van der Waals surface area contributed by atoms with Crippen LogP contribution in [-0.4, -0.2) is 37.4 Å². The van der Waals surface area contributed by atoms with Gasteiger partial charge in [-0.25, -0.2) is 0 Å². The first-order chi connectivity index (χ1) is 9.36. The Bertz CT molecular complexity index is 480. The fraction of sp³-hybridized carbons (Fsp3) is 0.364. The van der Waals surface area contributed by atoms with E-state index in [9.17, 15) is 25.1 Å². The first-order valence-corrected chi connectivity index (χ1v) is 7.31. The average Bonchev–Trinajstić information content (AvgIpc) is 2.43. The van der Waals surface area contributed by atoms with Crippen molar-refractivity contribution < 1.29 is 19.9 Å². The molecule has 1 rings (SSSR count). The fourth-order valence-electron chi connectivity index (χ4n) is 1.50. The quantitative estimate of drug-likeness (QED) is 0.370. The van der Waals surface area contributed by atoms with Crippen molar-refractivity contribution in [2.45, 2.75) is 15.9 Å². The van der Waals surface area contributed by atoms with Crippen molar-refractivity contribution in [1.82, 2.24) is 5.32 Å². The standard InChI is InChI=1S/C11H12Br2N2O5/c12-10(13)11(18)14-8(5-16)9(17)6-1-3-7(4-2-6)15(19)20/h1-4,8-10,16-17H,5H2,(H,14,18). The third kappa shape index (κ3) is 4.51. The summed E-state index contributed by atoms with van der Waals surface area (Å²) in [6.45, 7) is -0.476. The molecule has 0 saturated carbocycles. The first kappa shape index (κ1) is 17.0. The highest BCUT2D eigenvalue weighted by Gasteiger charge is 2.24. The summed E-state index contributed by atoms with van der Waals surface area (Å²) in [6.07, 6.45) is -1.18. The molecule has 2 unspecified atom stereocenters. The van der Waals surface area contributed by atoms with Crippen LogP contribution < -0.4 is 5.32 Å². The highest BCUT2D eigenvalue weighted by Crippen LogP contribution is 2.21. The number of aliphatic hydroxyl groups excluding tert-OH is 2. The maximum Gasteiger partial charge on any atom is 0.269 e. The average molecular weight is 412 g/mol. The van der Waals surface area contributed by atoms with Crippen LogP contribution in [0.25, 0.3) is 0 Å². The molecular formula is C11H12Br2N2O5. The highest BCUT2D eigenvalue weighted by atomic mass is 79.9. The summed E-state index contributed by atoms with van der Waals surface area (Å²) >= 11 is 5.99. The van der Waals surface area contributed by atoms with E-state index in [0.29, 0.717) is 5.56 Å². The summed E-state index contributed by atoms with van der Waals surface area (Å²) < 4.78 is -0.645. The molecule has 0 aromatic heterocycles. The number of benzene rings is 1. The van der Waals surface area contributed by atoms with E-state index >= 15 is 0 Å². The van der Waals surface area contributed by atoms with Gasteiger partial charge >= 0.3 is 0 Å². The van der Waals surface area contributed by atoms with Gasteiger partial charge in [0.15, 0.2) is 0 Å². The van der Waals surface area contributed by atoms with E-state index in [-0.39, 0.29) is 5.69 Å². The van der Waals surface area contributed by atoms with Gasteiger partial charge in [-0.15, -0.1) is 0 Å². The second-order valence-electron chi connectivity index (χ2n) is 3.89. The minimum absolute atomic E-state index is 0.105. The molecule has 3 N–H and O–H groups in total. The Morgan fingerprint density at radius 1 is 1.35 bits per heavy atom. The van der Waals surface area contributed by atoms with Gasteiger partial charge in [-0.1, -0.05) is 31.9 Å². The van der Waals surface area contributed by atoms with Crippen molar-refractivity contribution in [3.8, 4) is 0 Å². The molecule has 0 spiro atoms. The van der Waals surface area contributed by atoms with Gasteiger partial charge in [0, 0.05) is 12.1 Å². The topological polar surface area (TPSA) is 113 Å². The van der Waals surface area contributed by atoms with E-state index in [4.69, 9.17) is 0 Å². The normalized spacial score (nSPS) is 13.8. The van der Waals surface area contributed by atoms with Gasteiger partial charge < -0.3 is 15.5 Å². The monoisotopic (exact) mass is 410 g/mol. The van der Waals surface area contributed by atoms with Gasteiger partial charge in [-0.05, 0) is 17.7 Å². The van der Waals surface area contributed by atoms with Crippen molar-refractivity contribution in [1.29, 1.82) is 0 Å². The Hall–Kier alpha value is -1.03. The Kier molecular flexibility index (Phi) is 6.53. The van der Waals surface area contributed by atoms with Crippen molar-refractivity contribution >= 4 is 43.5 Å². The number of nitrogens with zero attached hydrogens (tertiary/aromatic N) is 1. The molecule has 7 nitrogen and oxygen atoms in total. The molecule has 0 radical (unpaired) electrons. The number of rotatable bonds is 6. The van der Waals surface area contributed by atoms with Crippen molar-refractivity contribution in [2.24, 2.45) is 0 Å². The molecule has 0 saturated heterocycles. The third-order valence-electron chi connectivity index (χ3n) is 2.55. The lowest BCUT2D eigenvalue weighted by atomic mass is 10.0. The van der Waals surface area contributed by atoms with Crippen LogP contribution in [0.5, 0.6) is 0 Å². The van der Waals surface area contributed by atoms with Crippen LogP contribution >= 0.6 is 31.9 Å². The van der Waals surface area contributed by atoms with E-state index in [0.717, 1.165) is 0 Å². The van der Waals surface area contributed by atoms with Gasteiger partial charge in [0.2, 0.25) is 5.91 Å². The number of hydrogen-bond donors (Lipinski definition) is 3. The van der Waals surface area contributed by atoms with E-state index in [1.807, 2.05) is 0 Å². The molecule has 1 amide bonds. The van der Waals surface area contributed by atoms with Gasteiger partial charge in [0.1, 0.15) is 9.84 Å². The zero-order valence-electron chi connectivity index (χ0n) is 10.1. The number of aliphatic hydroxyl groups is 2. The molecule has 110 valence electrons. The Morgan fingerprint density at radius 2 is 1.90 bits per heavy atom. The number of hydrogen-bond acceptors (Lipinski definition) is 5. The van der Waals surface area contributed by atoms with Crippen LogP contribution in [0.4, 0.5) is 5.69 Å². The first-order valence-electron chi connectivity index (χ1n) is 5.48. The Balaban J connectivity index is 2.82. The molecule has 0 aliphatic heterocycles. The SMILES string of the molecule is O=C(NC(CO)C(O)c1ccc([N+](=O)[O-])cc1)C(Br)Br. The van der Waals surface area contributed by atoms with Crippen LogP contribution in [-0.2, 0) is 4.79 Å². The molecule has 2 atom stereocenters. The van der Waals surface area contributed by atoms with Crippen LogP contribution in [0.1, 0.15) is 11.7 Å². The number of amides is 1. The van der Waals surface area contributed by atoms with Crippen molar-refractivity contribution in [3.05, 3.63) is 39.9 Å². The molecule has 0 aliphatic carbocycles. The molecule has 0 heterocycles. The van der Waals surface area contributed by atoms with Gasteiger partial charge in [-0.3, -0.25) is 14.9 Å². The van der Waals surface area contributed by atoms with Crippen molar-refractivity contribution in [3.63, 3.8) is 0 Å². The lowest BCUT2D eigenvalue weighted by molar-refractivity contribution is -0.384. The number of nitrogens with one attached hydrogen (secondary N) is 1. The lowest BCUT2D eigenvalue weighted by Crippen LogP contribution is -2.43. The third-order valence-corrected chi connectivity index (χ3v) is 3.38. The summed E-state index contributed by atoms with van der Waals surface area (Å²) in [4.78, 5) is 21.4. The smallest absolute Gasteiger partial charge is 0.269 e. The fourth-order valence-corrected chi connectivity index (χ4v) is 1.76. The molecule has 9 heteroatoms. The summed E-state index contributed by atoms with van der Waals surface area (Å²) in [5, 5.41) is 32.2. The number of nitro groups is 1. The summed E-state index contributed by atoms with van der Waals surface area (Å²) in [5.74, 6) is -0.454. The van der Waals surface area contributed by atoms with E-state index in [1.165, 1.54) is 24.3 Å². The molecule has 0 fully saturated rings. The van der Waals surface area contributed by atoms with Crippen LogP contribution in [0.2, 0.25) is 0 Å². The molecule has 0 aliphatic rings. The minimum Gasteiger partial charge on any atom is -0.394 e. The largest absolute Gasteiger partial charge is 0.394 e. The Morgan fingerprint density at radius 3 is 2.30 bits per heavy atom. The summed E-state index contributed by atoms with van der Waals surface area (Å²) in [7, 11) is 0. The molecular weight excluding hydrogens is 400 g/mol. The molecule has 1 aromatic rings. The second-order valence-corrected chi connectivity index (χ2v) is 6.95. The van der Waals surface area contributed by atoms with Gasteiger partial charge in [0.25, 0.3) is 5.69 Å². The number of non-ortho nitro benzene ring substituents is 1. The van der Waals surface area contributed by atoms with Crippen LogP contribution in [0, 0.1) is 10.1 Å². The maximum atomic E-state index is 11.5. The van der Waals surface area contributed by atoms with Gasteiger partial charge in [0.05, 0.1) is 17.6 Å². The number of carbonyl (C=O) groups is 1. The van der Waals surface area contributed by atoms with Crippen LogP contribution in [0.15, 0.2) is 24.3 Å². The number of halogens is 2. The molecule has 20 heavy (non-hydrogen) atoms. The number of nitro benzene ring substituents is 1. The number of alkyl halides is 2. The van der Waals surface area contributed by atoms with E-state index in [2.05, 4.69) is 37.2 Å². The molecule has 1 aromatic carbocycles. The zero-order valence-corrected chi connectivity index (χ0v) is 13.2. The summed E-state index contributed by atoms with van der Waals surface area (Å²) in [6, 6.07) is 4.31. The zero-order chi connectivity index (χ0) is 15.3. The predicted octanol–water partition coefficient (Wildman–Crippen LogP) is 1.22. The van der Waals surface area contributed by atoms with Crippen molar-refractivity contribution in [2.75, 3.05) is 6.61 Å². The van der Waals surface area contributed by atoms with Gasteiger partial charge in [-0.2, -0.15) is 0 Å². The Labute approximate surface area is 131 Å². The second kappa shape index (κ2) is 7.67. The number of carbonyl (C=O) groups excluding carboxylic acids is 1. The predicted molar refractivity (Wildman–Crippen MR) is 78.7 cm³/mol. The van der Waals surface area contributed by atoms with E-state index < -0.39 is 33.3 Å². The van der Waals surface area contributed by atoms with Crippen LogP contribution in [0.3, 0.4) is 0 Å².